The van der Waals surface area contributed by atoms with Crippen LogP contribution in [0.1, 0.15) is 12.8 Å². The Morgan fingerprint density at radius 3 is 2.82 bits per heavy atom. The van der Waals surface area contributed by atoms with Gasteiger partial charge in [0, 0.05) is 12.0 Å². The molecule has 0 unspecified atom stereocenters. The van der Waals surface area contributed by atoms with Gasteiger partial charge in [-0.1, -0.05) is 0 Å². The lowest BCUT2D eigenvalue weighted by molar-refractivity contribution is -0.122. The lowest BCUT2D eigenvalue weighted by Crippen LogP contribution is -2.29. The second-order valence-electron chi connectivity index (χ2n) is 3.99. The highest BCUT2D eigenvalue weighted by Gasteiger charge is 2.28. The lowest BCUT2D eigenvalue weighted by Gasteiger charge is -2.08. The number of hydrogen-bond acceptors (Lipinski definition) is 2. The number of benzene rings is 1. The summed E-state index contributed by atoms with van der Waals surface area (Å²) in [5.41, 5.74) is 0. The molecule has 2 rings (SSSR count). The van der Waals surface area contributed by atoms with E-state index in [9.17, 15) is 13.6 Å². The molecule has 17 heavy (non-hydrogen) atoms. The standard InChI is InChI=1S/C12H13F2NO2/c13-9-3-4-11(10(14)7-9)17-6-5-15-12(16)8-1-2-8/h3-4,7-8H,1-2,5-6H2,(H,15,16). The zero-order valence-corrected chi connectivity index (χ0v) is 9.21. The molecule has 1 aromatic rings. The van der Waals surface area contributed by atoms with Crippen molar-refractivity contribution in [3.05, 3.63) is 29.8 Å². The number of hydrogen-bond donors (Lipinski definition) is 1. The van der Waals surface area contributed by atoms with Crippen LogP contribution < -0.4 is 10.1 Å². The molecular formula is C12H13F2NO2. The number of rotatable bonds is 5. The summed E-state index contributed by atoms with van der Waals surface area (Å²) in [7, 11) is 0. The summed E-state index contributed by atoms with van der Waals surface area (Å²) in [5, 5.41) is 2.69. The van der Waals surface area contributed by atoms with Crippen LogP contribution in [-0.2, 0) is 4.79 Å². The summed E-state index contributed by atoms with van der Waals surface area (Å²) in [4.78, 5) is 11.2. The second kappa shape index (κ2) is 5.12. The molecule has 1 N–H and O–H groups in total. The van der Waals surface area contributed by atoms with Crippen molar-refractivity contribution in [1.82, 2.24) is 5.32 Å². The van der Waals surface area contributed by atoms with E-state index in [2.05, 4.69) is 5.32 Å². The molecule has 5 heteroatoms. The number of ether oxygens (including phenoxy) is 1. The van der Waals surface area contributed by atoms with Gasteiger partial charge in [-0.2, -0.15) is 0 Å². The summed E-state index contributed by atoms with van der Waals surface area (Å²) in [6.07, 6.45) is 1.89. The van der Waals surface area contributed by atoms with Gasteiger partial charge >= 0.3 is 0 Å². The zero-order chi connectivity index (χ0) is 12.3. The summed E-state index contributed by atoms with van der Waals surface area (Å²) in [6.45, 7) is 0.493. The molecule has 1 amide bonds. The van der Waals surface area contributed by atoms with Crippen LogP contribution in [0.25, 0.3) is 0 Å². The number of halogens is 2. The fraction of sp³-hybridized carbons (Fsp3) is 0.417. The summed E-state index contributed by atoms with van der Waals surface area (Å²) < 4.78 is 30.8. The molecule has 1 fully saturated rings. The van der Waals surface area contributed by atoms with Crippen LogP contribution in [0, 0.1) is 17.6 Å². The van der Waals surface area contributed by atoms with E-state index in [1.807, 2.05) is 0 Å². The zero-order valence-electron chi connectivity index (χ0n) is 9.21. The monoisotopic (exact) mass is 241 g/mol. The quantitative estimate of drug-likeness (QED) is 0.799. The molecule has 0 atom stereocenters. The predicted octanol–water partition coefficient (Wildman–Crippen LogP) is 1.87. The first-order chi connectivity index (χ1) is 8.16. The molecule has 0 saturated heterocycles. The van der Waals surface area contributed by atoms with Gasteiger partial charge in [-0.3, -0.25) is 4.79 Å². The average Bonchev–Trinajstić information content (AvgIpc) is 3.10. The third-order valence-corrected chi connectivity index (χ3v) is 2.50. The minimum atomic E-state index is -0.737. The minimum Gasteiger partial charge on any atom is -0.489 e. The third-order valence-electron chi connectivity index (χ3n) is 2.50. The van der Waals surface area contributed by atoms with Crippen LogP contribution in [0.3, 0.4) is 0 Å². The first-order valence-corrected chi connectivity index (χ1v) is 5.52. The Morgan fingerprint density at radius 1 is 1.41 bits per heavy atom. The second-order valence-corrected chi connectivity index (χ2v) is 3.99. The van der Waals surface area contributed by atoms with Gasteiger partial charge < -0.3 is 10.1 Å². The topological polar surface area (TPSA) is 38.3 Å². The van der Waals surface area contributed by atoms with E-state index in [0.717, 1.165) is 25.0 Å². The van der Waals surface area contributed by atoms with Gasteiger partial charge in [-0.25, -0.2) is 8.78 Å². The van der Waals surface area contributed by atoms with Gasteiger partial charge in [-0.15, -0.1) is 0 Å². The third kappa shape index (κ3) is 3.41. The molecule has 1 aromatic carbocycles. The number of carbonyl (C=O) groups is 1. The molecule has 0 spiro atoms. The van der Waals surface area contributed by atoms with E-state index in [1.54, 1.807) is 0 Å². The summed E-state index contributed by atoms with van der Waals surface area (Å²) >= 11 is 0. The first-order valence-electron chi connectivity index (χ1n) is 5.52. The normalized spacial score (nSPS) is 14.5. The van der Waals surface area contributed by atoms with Crippen LogP contribution in [0.2, 0.25) is 0 Å². The Labute approximate surface area is 97.8 Å². The van der Waals surface area contributed by atoms with Gasteiger partial charge in [0.15, 0.2) is 11.6 Å². The summed E-state index contributed by atoms with van der Waals surface area (Å²) in [6, 6.07) is 3.12. The van der Waals surface area contributed by atoms with E-state index in [-0.39, 0.29) is 24.2 Å². The molecule has 3 nitrogen and oxygen atoms in total. The maximum absolute atomic E-state index is 13.1. The van der Waals surface area contributed by atoms with E-state index in [0.29, 0.717) is 6.54 Å². The van der Waals surface area contributed by atoms with Crippen LogP contribution in [0.4, 0.5) is 8.78 Å². The van der Waals surface area contributed by atoms with Crippen molar-refractivity contribution in [2.75, 3.05) is 13.2 Å². The molecule has 0 aromatic heterocycles. The lowest BCUT2D eigenvalue weighted by atomic mass is 10.3. The maximum Gasteiger partial charge on any atom is 0.223 e. The molecule has 0 radical (unpaired) electrons. The summed E-state index contributed by atoms with van der Waals surface area (Å²) in [5.74, 6) is -1.21. The molecule has 1 aliphatic carbocycles. The van der Waals surface area contributed by atoms with Crippen LogP contribution >= 0.6 is 0 Å². The Kier molecular flexibility index (Phi) is 3.56. The molecule has 0 heterocycles. The van der Waals surface area contributed by atoms with E-state index < -0.39 is 11.6 Å². The molecule has 1 aliphatic rings. The van der Waals surface area contributed by atoms with Gasteiger partial charge in [0.1, 0.15) is 12.4 Å². The Balaban J connectivity index is 1.72. The van der Waals surface area contributed by atoms with Gasteiger partial charge in [-0.05, 0) is 25.0 Å². The Hall–Kier alpha value is -1.65. The van der Waals surface area contributed by atoms with Crippen molar-refractivity contribution in [2.24, 2.45) is 5.92 Å². The number of amides is 1. The van der Waals surface area contributed by atoms with Crippen molar-refractivity contribution in [3.8, 4) is 5.75 Å². The number of nitrogens with one attached hydrogen (secondary N) is 1. The van der Waals surface area contributed by atoms with Crippen LogP contribution in [-0.4, -0.2) is 19.1 Å². The minimum absolute atomic E-state index is 0.00734. The largest absolute Gasteiger partial charge is 0.489 e. The van der Waals surface area contributed by atoms with E-state index in [4.69, 9.17) is 4.74 Å². The highest BCUT2D eigenvalue weighted by molar-refractivity contribution is 5.80. The molecule has 92 valence electrons. The van der Waals surface area contributed by atoms with Crippen molar-refractivity contribution < 1.29 is 18.3 Å². The Bertz CT molecular complexity index is 419. The fourth-order valence-corrected chi connectivity index (χ4v) is 1.42. The predicted molar refractivity (Wildman–Crippen MR) is 57.6 cm³/mol. The smallest absolute Gasteiger partial charge is 0.223 e. The van der Waals surface area contributed by atoms with Crippen molar-refractivity contribution in [3.63, 3.8) is 0 Å². The molecule has 1 saturated carbocycles. The number of carbonyl (C=O) groups excluding carboxylic acids is 1. The average molecular weight is 241 g/mol. The van der Waals surface area contributed by atoms with Gasteiger partial charge in [0.25, 0.3) is 0 Å². The van der Waals surface area contributed by atoms with Crippen molar-refractivity contribution >= 4 is 5.91 Å². The van der Waals surface area contributed by atoms with E-state index >= 15 is 0 Å². The van der Waals surface area contributed by atoms with E-state index in [1.165, 1.54) is 6.07 Å². The molecule has 0 aliphatic heterocycles. The first kappa shape index (κ1) is 11.8. The van der Waals surface area contributed by atoms with Gasteiger partial charge in [0.2, 0.25) is 5.91 Å². The Morgan fingerprint density at radius 2 is 2.18 bits per heavy atom. The van der Waals surface area contributed by atoms with Crippen molar-refractivity contribution in [2.45, 2.75) is 12.8 Å². The highest BCUT2D eigenvalue weighted by Crippen LogP contribution is 2.28. The SMILES string of the molecule is O=C(NCCOc1ccc(F)cc1F)C1CC1. The van der Waals surface area contributed by atoms with Crippen molar-refractivity contribution in [1.29, 1.82) is 0 Å². The van der Waals surface area contributed by atoms with Gasteiger partial charge in [0.05, 0.1) is 6.54 Å². The fourth-order valence-electron chi connectivity index (χ4n) is 1.42. The van der Waals surface area contributed by atoms with Crippen LogP contribution in [0.15, 0.2) is 18.2 Å². The maximum atomic E-state index is 13.1. The van der Waals surface area contributed by atoms with Crippen LogP contribution in [0.5, 0.6) is 5.75 Å². The molecular weight excluding hydrogens is 228 g/mol. The highest BCUT2D eigenvalue weighted by atomic mass is 19.1. The molecule has 0 bridgehead atoms.